The van der Waals surface area contributed by atoms with Crippen molar-refractivity contribution >= 4 is 5.78 Å². The average molecular weight is 303 g/mol. The van der Waals surface area contributed by atoms with Crippen molar-refractivity contribution < 1.29 is 14.3 Å². The standard InChI is InChI=1S/C18H25NO3/c1-5-12-16(21-3)9-13-14-10-19(2)7-6-11(14)8-15(20)17(13)18(12)22-4/h9,11,14H,5-8,10H2,1-4H3/t11-,14-/m0/s1. The van der Waals surface area contributed by atoms with Crippen LogP contribution in [0.2, 0.25) is 0 Å². The number of hydrogen-bond acceptors (Lipinski definition) is 4. The predicted molar refractivity (Wildman–Crippen MR) is 86.2 cm³/mol. The summed E-state index contributed by atoms with van der Waals surface area (Å²) >= 11 is 0. The molecule has 0 spiro atoms. The van der Waals surface area contributed by atoms with Crippen LogP contribution in [0.1, 0.15) is 47.2 Å². The van der Waals surface area contributed by atoms with E-state index in [1.165, 1.54) is 0 Å². The highest BCUT2D eigenvalue weighted by atomic mass is 16.5. The number of ether oxygens (including phenoxy) is 2. The molecule has 0 radical (unpaired) electrons. The summed E-state index contributed by atoms with van der Waals surface area (Å²) in [7, 11) is 5.50. The van der Waals surface area contributed by atoms with Crippen LogP contribution < -0.4 is 9.47 Å². The molecule has 1 fully saturated rings. The zero-order chi connectivity index (χ0) is 15.9. The summed E-state index contributed by atoms with van der Waals surface area (Å²) in [4.78, 5) is 15.1. The second-order valence-corrected chi connectivity index (χ2v) is 6.45. The van der Waals surface area contributed by atoms with E-state index >= 15 is 0 Å². The number of carbonyl (C=O) groups excluding carboxylic acids is 1. The van der Waals surface area contributed by atoms with E-state index in [1.807, 2.05) is 0 Å². The third-order valence-electron chi connectivity index (χ3n) is 5.24. The number of hydrogen-bond donors (Lipinski definition) is 0. The highest BCUT2D eigenvalue weighted by molar-refractivity contribution is 6.02. The van der Waals surface area contributed by atoms with E-state index < -0.39 is 0 Å². The second-order valence-electron chi connectivity index (χ2n) is 6.45. The van der Waals surface area contributed by atoms with E-state index in [4.69, 9.17) is 9.47 Å². The van der Waals surface area contributed by atoms with Crippen molar-refractivity contribution in [1.82, 2.24) is 4.90 Å². The van der Waals surface area contributed by atoms with Crippen LogP contribution in [0.3, 0.4) is 0 Å². The lowest BCUT2D eigenvalue weighted by Gasteiger charge is -2.41. The molecule has 2 atom stereocenters. The van der Waals surface area contributed by atoms with Crippen molar-refractivity contribution in [2.45, 2.75) is 32.1 Å². The molecule has 2 aliphatic rings. The van der Waals surface area contributed by atoms with Crippen LogP contribution in [0, 0.1) is 5.92 Å². The summed E-state index contributed by atoms with van der Waals surface area (Å²) in [5.41, 5.74) is 2.93. The molecule has 3 rings (SSSR count). The van der Waals surface area contributed by atoms with Crippen molar-refractivity contribution in [3.63, 3.8) is 0 Å². The molecule has 0 aromatic heterocycles. The Hall–Kier alpha value is -1.55. The molecule has 120 valence electrons. The second kappa shape index (κ2) is 5.92. The number of likely N-dealkylation sites (N-methyl/N-ethyl adjacent to an activating group) is 1. The third kappa shape index (κ3) is 2.30. The van der Waals surface area contributed by atoms with Gasteiger partial charge in [-0.3, -0.25) is 4.79 Å². The van der Waals surface area contributed by atoms with Gasteiger partial charge in [0.2, 0.25) is 0 Å². The van der Waals surface area contributed by atoms with Crippen LogP contribution in [-0.4, -0.2) is 45.0 Å². The maximum absolute atomic E-state index is 12.7. The van der Waals surface area contributed by atoms with Gasteiger partial charge in [-0.05, 0) is 44.0 Å². The molecule has 0 bridgehead atoms. The monoisotopic (exact) mass is 303 g/mol. The van der Waals surface area contributed by atoms with Crippen molar-refractivity contribution in [1.29, 1.82) is 0 Å². The van der Waals surface area contributed by atoms with Gasteiger partial charge in [-0.15, -0.1) is 0 Å². The molecule has 1 saturated heterocycles. The van der Waals surface area contributed by atoms with Crippen LogP contribution in [0.15, 0.2) is 6.07 Å². The van der Waals surface area contributed by atoms with Gasteiger partial charge in [0, 0.05) is 24.4 Å². The molecule has 0 N–H and O–H groups in total. The van der Waals surface area contributed by atoms with Gasteiger partial charge in [0.1, 0.15) is 11.5 Å². The van der Waals surface area contributed by atoms with E-state index in [2.05, 4.69) is 24.9 Å². The number of piperidine rings is 1. The molecule has 0 saturated carbocycles. The quantitative estimate of drug-likeness (QED) is 0.860. The fourth-order valence-corrected chi connectivity index (χ4v) is 4.12. The van der Waals surface area contributed by atoms with Crippen molar-refractivity contribution in [2.75, 3.05) is 34.4 Å². The van der Waals surface area contributed by atoms with Crippen LogP contribution in [0.25, 0.3) is 0 Å². The van der Waals surface area contributed by atoms with Gasteiger partial charge in [0.15, 0.2) is 5.78 Å². The fraction of sp³-hybridized carbons (Fsp3) is 0.611. The van der Waals surface area contributed by atoms with Gasteiger partial charge in [0.05, 0.1) is 19.8 Å². The van der Waals surface area contributed by atoms with Crippen molar-refractivity contribution in [3.8, 4) is 11.5 Å². The molecule has 22 heavy (non-hydrogen) atoms. The highest BCUT2D eigenvalue weighted by Crippen LogP contribution is 2.47. The summed E-state index contributed by atoms with van der Waals surface area (Å²) in [6.07, 6.45) is 2.53. The first-order valence-corrected chi connectivity index (χ1v) is 8.10. The van der Waals surface area contributed by atoms with Gasteiger partial charge in [0.25, 0.3) is 0 Å². The summed E-state index contributed by atoms with van der Waals surface area (Å²) in [5, 5.41) is 0. The summed E-state index contributed by atoms with van der Waals surface area (Å²) in [6.45, 7) is 4.14. The number of fused-ring (bicyclic) bond motifs is 3. The Labute approximate surface area is 132 Å². The molecule has 1 aromatic carbocycles. The van der Waals surface area contributed by atoms with E-state index in [-0.39, 0.29) is 5.78 Å². The van der Waals surface area contributed by atoms with Crippen LogP contribution in [0.5, 0.6) is 11.5 Å². The molecule has 4 nitrogen and oxygen atoms in total. The molecule has 1 heterocycles. The minimum atomic E-state index is 0.231. The maximum Gasteiger partial charge on any atom is 0.167 e. The van der Waals surface area contributed by atoms with Gasteiger partial charge >= 0.3 is 0 Å². The summed E-state index contributed by atoms with van der Waals surface area (Å²) in [5.74, 6) is 2.67. The lowest BCUT2D eigenvalue weighted by molar-refractivity contribution is 0.0882. The van der Waals surface area contributed by atoms with Crippen LogP contribution in [-0.2, 0) is 6.42 Å². The molecule has 1 aliphatic heterocycles. The third-order valence-corrected chi connectivity index (χ3v) is 5.24. The smallest absolute Gasteiger partial charge is 0.167 e. The predicted octanol–water partition coefficient (Wildman–Crippen LogP) is 2.89. The van der Waals surface area contributed by atoms with Crippen molar-refractivity contribution in [3.05, 3.63) is 22.8 Å². The lowest BCUT2D eigenvalue weighted by atomic mass is 9.70. The Kier molecular flexibility index (Phi) is 4.13. The minimum absolute atomic E-state index is 0.231. The Bertz CT molecular complexity index is 596. The zero-order valence-electron chi connectivity index (χ0n) is 13.9. The number of carbonyl (C=O) groups is 1. The van der Waals surface area contributed by atoms with E-state index in [9.17, 15) is 4.79 Å². The summed E-state index contributed by atoms with van der Waals surface area (Å²) < 4.78 is 11.2. The van der Waals surface area contributed by atoms with E-state index in [0.717, 1.165) is 54.1 Å². The number of rotatable bonds is 3. The number of nitrogens with zero attached hydrogens (tertiary/aromatic N) is 1. The zero-order valence-corrected chi connectivity index (χ0v) is 13.9. The molecule has 1 aliphatic carbocycles. The maximum atomic E-state index is 12.7. The number of ketones is 1. The highest BCUT2D eigenvalue weighted by Gasteiger charge is 2.40. The molecule has 0 amide bonds. The topological polar surface area (TPSA) is 38.8 Å². The molecular formula is C18H25NO3. The first-order valence-electron chi connectivity index (χ1n) is 8.10. The largest absolute Gasteiger partial charge is 0.496 e. The van der Waals surface area contributed by atoms with Gasteiger partial charge in [-0.25, -0.2) is 0 Å². The normalized spacial score (nSPS) is 24.6. The Morgan fingerprint density at radius 3 is 2.73 bits per heavy atom. The number of benzene rings is 1. The van der Waals surface area contributed by atoms with Crippen LogP contribution in [0.4, 0.5) is 0 Å². The number of methoxy groups -OCH3 is 2. The first-order chi connectivity index (χ1) is 10.6. The molecule has 0 unspecified atom stereocenters. The molecule has 1 aromatic rings. The first kappa shape index (κ1) is 15.3. The Morgan fingerprint density at radius 1 is 1.32 bits per heavy atom. The van der Waals surface area contributed by atoms with Crippen LogP contribution >= 0.6 is 0 Å². The average Bonchev–Trinajstić information content (AvgIpc) is 2.53. The van der Waals surface area contributed by atoms with Gasteiger partial charge in [-0.2, -0.15) is 0 Å². The Morgan fingerprint density at radius 2 is 2.09 bits per heavy atom. The summed E-state index contributed by atoms with van der Waals surface area (Å²) in [6, 6.07) is 2.09. The van der Waals surface area contributed by atoms with E-state index in [0.29, 0.717) is 18.3 Å². The molecule has 4 heteroatoms. The van der Waals surface area contributed by atoms with Gasteiger partial charge < -0.3 is 14.4 Å². The van der Waals surface area contributed by atoms with Crippen molar-refractivity contribution in [2.24, 2.45) is 5.92 Å². The number of Topliss-reactive ketones (excluding diaryl/α,β-unsaturated/α-hetero) is 1. The van der Waals surface area contributed by atoms with Gasteiger partial charge in [-0.1, -0.05) is 6.92 Å². The molecular weight excluding hydrogens is 278 g/mol. The number of likely N-dealkylation sites (tertiary alicyclic amines) is 1. The lowest BCUT2D eigenvalue weighted by Crippen LogP contribution is -2.40. The van der Waals surface area contributed by atoms with E-state index in [1.54, 1.807) is 14.2 Å². The fourth-order valence-electron chi connectivity index (χ4n) is 4.12. The Balaban J connectivity index is 2.19. The minimum Gasteiger partial charge on any atom is -0.496 e. The SMILES string of the molecule is CCc1c(OC)cc2c(c1OC)C(=O)C[C@@H]1CCN(C)C[C@H]21.